The van der Waals surface area contributed by atoms with Crippen molar-refractivity contribution in [3.05, 3.63) is 0 Å². The van der Waals surface area contributed by atoms with E-state index in [0.29, 0.717) is 0 Å². The third-order valence-corrected chi connectivity index (χ3v) is 3.30. The Kier molecular flexibility index (Phi) is 4.79. The summed E-state index contributed by atoms with van der Waals surface area (Å²) in [6.07, 6.45) is 8.19. The Bertz CT molecular complexity index is 131. The van der Waals surface area contributed by atoms with E-state index < -0.39 is 0 Å². The van der Waals surface area contributed by atoms with E-state index >= 15 is 0 Å². The minimum atomic E-state index is 0.778. The third kappa shape index (κ3) is 3.68. The van der Waals surface area contributed by atoms with Crippen LogP contribution in [-0.4, -0.2) is 12.1 Å². The average molecular weight is 183 g/mol. The fraction of sp³-hybridized carbons (Fsp3) is 1.00. The van der Waals surface area contributed by atoms with Crippen molar-refractivity contribution in [2.45, 2.75) is 71.4 Å². The van der Waals surface area contributed by atoms with Crippen LogP contribution in [0, 0.1) is 5.92 Å². The molecule has 1 aliphatic rings. The zero-order valence-corrected chi connectivity index (χ0v) is 9.47. The molecule has 3 unspecified atom stereocenters. The summed E-state index contributed by atoms with van der Waals surface area (Å²) >= 11 is 0. The Hall–Kier alpha value is -0.0400. The van der Waals surface area contributed by atoms with Gasteiger partial charge in [0.2, 0.25) is 0 Å². The van der Waals surface area contributed by atoms with Gasteiger partial charge in [0.05, 0.1) is 0 Å². The second-order valence-corrected chi connectivity index (χ2v) is 4.68. The lowest BCUT2D eigenvalue weighted by molar-refractivity contribution is 0.392. The van der Waals surface area contributed by atoms with Crippen molar-refractivity contribution in [2.75, 3.05) is 0 Å². The first kappa shape index (κ1) is 11.0. The van der Waals surface area contributed by atoms with E-state index in [1.165, 1.54) is 38.5 Å². The molecule has 0 aromatic carbocycles. The van der Waals surface area contributed by atoms with Gasteiger partial charge in [0, 0.05) is 12.1 Å². The van der Waals surface area contributed by atoms with Crippen LogP contribution < -0.4 is 5.32 Å². The van der Waals surface area contributed by atoms with Crippen LogP contribution in [0.2, 0.25) is 0 Å². The molecule has 1 aliphatic carbocycles. The van der Waals surface area contributed by atoms with E-state index in [0.717, 1.165) is 18.0 Å². The maximum atomic E-state index is 3.80. The fourth-order valence-corrected chi connectivity index (χ4v) is 2.45. The van der Waals surface area contributed by atoms with Gasteiger partial charge in [0.1, 0.15) is 0 Å². The Morgan fingerprint density at radius 1 is 1.31 bits per heavy atom. The maximum absolute atomic E-state index is 3.80. The van der Waals surface area contributed by atoms with Crippen LogP contribution in [0.4, 0.5) is 0 Å². The van der Waals surface area contributed by atoms with Gasteiger partial charge in [-0.05, 0) is 38.0 Å². The molecule has 0 heterocycles. The summed E-state index contributed by atoms with van der Waals surface area (Å²) < 4.78 is 0. The first-order chi connectivity index (χ1) is 6.26. The van der Waals surface area contributed by atoms with Crippen LogP contribution in [-0.2, 0) is 0 Å². The predicted octanol–water partition coefficient (Wildman–Crippen LogP) is 3.34. The number of hydrogen-bond acceptors (Lipinski definition) is 1. The Morgan fingerprint density at radius 2 is 2.08 bits per heavy atom. The highest BCUT2D eigenvalue weighted by atomic mass is 15.0. The molecule has 1 nitrogen and oxygen atoms in total. The standard InChI is InChI=1S/C12H25N/c1-4-6-11(5-2)13-12-8-7-10(3)9-12/h10-13H,4-9H2,1-3H3. The van der Waals surface area contributed by atoms with E-state index in [1.807, 2.05) is 0 Å². The van der Waals surface area contributed by atoms with E-state index in [1.54, 1.807) is 0 Å². The highest BCUT2D eigenvalue weighted by Crippen LogP contribution is 2.25. The molecule has 78 valence electrons. The highest BCUT2D eigenvalue weighted by Gasteiger charge is 2.22. The van der Waals surface area contributed by atoms with Crippen molar-refractivity contribution in [2.24, 2.45) is 5.92 Å². The number of rotatable bonds is 5. The zero-order chi connectivity index (χ0) is 9.68. The molecule has 13 heavy (non-hydrogen) atoms. The van der Waals surface area contributed by atoms with Crippen molar-refractivity contribution in [1.29, 1.82) is 0 Å². The Labute approximate surface area is 83.3 Å². The van der Waals surface area contributed by atoms with Crippen LogP contribution in [0.25, 0.3) is 0 Å². The molecular formula is C12H25N. The van der Waals surface area contributed by atoms with Crippen LogP contribution >= 0.6 is 0 Å². The molecule has 1 saturated carbocycles. The lowest BCUT2D eigenvalue weighted by Gasteiger charge is -2.21. The molecular weight excluding hydrogens is 158 g/mol. The summed E-state index contributed by atoms with van der Waals surface area (Å²) in [5.41, 5.74) is 0. The lowest BCUT2D eigenvalue weighted by atomic mass is 10.1. The molecule has 1 rings (SSSR count). The lowest BCUT2D eigenvalue weighted by Crippen LogP contribution is -2.36. The molecule has 0 spiro atoms. The Morgan fingerprint density at radius 3 is 2.54 bits per heavy atom. The third-order valence-electron chi connectivity index (χ3n) is 3.30. The quantitative estimate of drug-likeness (QED) is 0.689. The topological polar surface area (TPSA) is 12.0 Å². The molecule has 1 heteroatoms. The molecule has 1 N–H and O–H groups in total. The second kappa shape index (κ2) is 5.64. The Balaban J connectivity index is 2.21. The summed E-state index contributed by atoms with van der Waals surface area (Å²) in [6, 6.07) is 1.60. The monoisotopic (exact) mass is 183 g/mol. The molecule has 0 amide bonds. The first-order valence-electron chi connectivity index (χ1n) is 6.02. The largest absolute Gasteiger partial charge is 0.311 e. The first-order valence-corrected chi connectivity index (χ1v) is 6.02. The molecule has 3 atom stereocenters. The minimum Gasteiger partial charge on any atom is -0.311 e. The van der Waals surface area contributed by atoms with Gasteiger partial charge in [-0.3, -0.25) is 0 Å². The number of nitrogens with one attached hydrogen (secondary N) is 1. The van der Waals surface area contributed by atoms with E-state index in [2.05, 4.69) is 26.1 Å². The predicted molar refractivity (Wildman–Crippen MR) is 58.9 cm³/mol. The highest BCUT2D eigenvalue weighted by molar-refractivity contribution is 4.81. The molecule has 0 aliphatic heterocycles. The van der Waals surface area contributed by atoms with Crippen LogP contribution in [0.1, 0.15) is 59.3 Å². The van der Waals surface area contributed by atoms with Gasteiger partial charge in [-0.1, -0.05) is 27.2 Å². The van der Waals surface area contributed by atoms with Crippen molar-refractivity contribution >= 4 is 0 Å². The molecule has 0 saturated heterocycles. The van der Waals surface area contributed by atoms with Gasteiger partial charge >= 0.3 is 0 Å². The zero-order valence-electron chi connectivity index (χ0n) is 9.47. The van der Waals surface area contributed by atoms with Crippen molar-refractivity contribution in [3.8, 4) is 0 Å². The fourth-order valence-electron chi connectivity index (χ4n) is 2.45. The summed E-state index contributed by atoms with van der Waals surface area (Å²) in [6.45, 7) is 6.95. The second-order valence-electron chi connectivity index (χ2n) is 4.68. The van der Waals surface area contributed by atoms with Gasteiger partial charge < -0.3 is 5.32 Å². The van der Waals surface area contributed by atoms with Gasteiger partial charge in [0.25, 0.3) is 0 Å². The molecule has 1 fully saturated rings. The SMILES string of the molecule is CCCC(CC)NC1CCC(C)C1. The maximum Gasteiger partial charge on any atom is 0.00722 e. The molecule has 0 aromatic rings. The van der Waals surface area contributed by atoms with Gasteiger partial charge in [0.15, 0.2) is 0 Å². The normalized spacial score (nSPS) is 30.7. The number of hydrogen-bond donors (Lipinski definition) is 1. The van der Waals surface area contributed by atoms with Gasteiger partial charge in [-0.15, -0.1) is 0 Å². The van der Waals surface area contributed by atoms with Gasteiger partial charge in [-0.25, -0.2) is 0 Å². The molecule has 0 radical (unpaired) electrons. The minimum absolute atomic E-state index is 0.778. The molecule has 0 bridgehead atoms. The van der Waals surface area contributed by atoms with Crippen molar-refractivity contribution in [1.82, 2.24) is 5.32 Å². The van der Waals surface area contributed by atoms with Crippen LogP contribution in [0.15, 0.2) is 0 Å². The summed E-state index contributed by atoms with van der Waals surface area (Å²) in [7, 11) is 0. The molecule has 0 aromatic heterocycles. The van der Waals surface area contributed by atoms with E-state index in [9.17, 15) is 0 Å². The van der Waals surface area contributed by atoms with Crippen molar-refractivity contribution in [3.63, 3.8) is 0 Å². The summed E-state index contributed by atoms with van der Waals surface area (Å²) in [4.78, 5) is 0. The summed E-state index contributed by atoms with van der Waals surface area (Å²) in [5, 5.41) is 3.80. The van der Waals surface area contributed by atoms with Crippen molar-refractivity contribution < 1.29 is 0 Å². The average Bonchev–Trinajstić information content (AvgIpc) is 2.50. The van der Waals surface area contributed by atoms with E-state index in [4.69, 9.17) is 0 Å². The van der Waals surface area contributed by atoms with Crippen LogP contribution in [0.3, 0.4) is 0 Å². The van der Waals surface area contributed by atoms with Gasteiger partial charge in [-0.2, -0.15) is 0 Å². The van der Waals surface area contributed by atoms with Crippen LogP contribution in [0.5, 0.6) is 0 Å². The van der Waals surface area contributed by atoms with E-state index in [-0.39, 0.29) is 0 Å². The summed E-state index contributed by atoms with van der Waals surface area (Å²) in [5.74, 6) is 0.955. The smallest absolute Gasteiger partial charge is 0.00722 e.